The van der Waals surface area contributed by atoms with E-state index in [4.69, 9.17) is 16.3 Å². The molecule has 116 valence electrons. The number of halogens is 1. The number of aryl methyl sites for hydroxylation is 1. The fourth-order valence-electron chi connectivity index (χ4n) is 2.69. The van der Waals surface area contributed by atoms with Gasteiger partial charge in [-0.15, -0.1) is 0 Å². The van der Waals surface area contributed by atoms with Crippen LogP contribution in [-0.4, -0.2) is 62.7 Å². The van der Waals surface area contributed by atoms with Crippen molar-refractivity contribution < 1.29 is 9.53 Å². The molecule has 1 amide bonds. The third kappa shape index (κ3) is 4.43. The van der Waals surface area contributed by atoms with Crippen LogP contribution in [0, 0.1) is 12.8 Å². The number of benzene rings is 1. The fraction of sp³-hybridized carbons (Fsp3) is 0.562. The number of rotatable bonds is 3. The molecule has 1 fully saturated rings. The summed E-state index contributed by atoms with van der Waals surface area (Å²) in [5, 5.41) is 0.597. The molecule has 1 aliphatic rings. The molecule has 0 spiro atoms. The highest BCUT2D eigenvalue weighted by atomic mass is 35.5. The third-order valence-corrected chi connectivity index (χ3v) is 3.91. The van der Waals surface area contributed by atoms with Gasteiger partial charge in [0.2, 0.25) is 0 Å². The summed E-state index contributed by atoms with van der Waals surface area (Å²) in [7, 11) is 4.08. The van der Waals surface area contributed by atoms with E-state index in [-0.39, 0.29) is 5.91 Å². The number of amides is 1. The predicted molar refractivity (Wildman–Crippen MR) is 85.0 cm³/mol. The van der Waals surface area contributed by atoms with Gasteiger partial charge < -0.3 is 14.5 Å². The Morgan fingerprint density at radius 2 is 2.24 bits per heavy atom. The van der Waals surface area contributed by atoms with Gasteiger partial charge in [-0.1, -0.05) is 17.7 Å². The Bertz CT molecular complexity index is 505. The second-order valence-corrected chi connectivity index (χ2v) is 6.35. The Morgan fingerprint density at radius 3 is 2.95 bits per heavy atom. The van der Waals surface area contributed by atoms with Gasteiger partial charge in [0.1, 0.15) is 0 Å². The molecule has 4 nitrogen and oxygen atoms in total. The van der Waals surface area contributed by atoms with Gasteiger partial charge >= 0.3 is 0 Å². The minimum Gasteiger partial charge on any atom is -0.379 e. The number of ether oxygens (including phenoxy) is 1. The topological polar surface area (TPSA) is 32.8 Å². The maximum Gasteiger partial charge on any atom is 0.254 e. The van der Waals surface area contributed by atoms with E-state index in [1.165, 1.54) is 0 Å². The van der Waals surface area contributed by atoms with Gasteiger partial charge in [-0.3, -0.25) is 4.79 Å². The zero-order chi connectivity index (χ0) is 15.4. The fourth-order valence-corrected chi connectivity index (χ4v) is 2.86. The van der Waals surface area contributed by atoms with Crippen LogP contribution in [0.2, 0.25) is 5.02 Å². The quantitative estimate of drug-likeness (QED) is 0.859. The molecule has 21 heavy (non-hydrogen) atoms. The first kappa shape index (κ1) is 16.3. The van der Waals surface area contributed by atoms with Crippen LogP contribution < -0.4 is 0 Å². The Hall–Kier alpha value is -1.10. The van der Waals surface area contributed by atoms with E-state index in [9.17, 15) is 4.79 Å². The summed E-state index contributed by atoms with van der Waals surface area (Å²) in [6.45, 7) is 5.51. The molecule has 1 aromatic rings. The molecular weight excluding hydrogens is 288 g/mol. The molecular formula is C16H23ClN2O2. The summed E-state index contributed by atoms with van der Waals surface area (Å²) in [6, 6.07) is 5.46. The SMILES string of the molecule is Cc1ccc(Cl)cc1C(=O)N1CCOC[C@@H](CN(C)C)C1. The van der Waals surface area contributed by atoms with Crippen LogP contribution >= 0.6 is 11.6 Å². The van der Waals surface area contributed by atoms with Gasteiger partial charge in [-0.25, -0.2) is 0 Å². The molecule has 0 unspecified atom stereocenters. The van der Waals surface area contributed by atoms with E-state index in [0.717, 1.165) is 18.7 Å². The van der Waals surface area contributed by atoms with Gasteiger partial charge in [0.15, 0.2) is 0 Å². The van der Waals surface area contributed by atoms with Crippen LogP contribution in [0.15, 0.2) is 18.2 Å². The van der Waals surface area contributed by atoms with Crippen LogP contribution in [0.5, 0.6) is 0 Å². The highest BCUT2D eigenvalue weighted by Crippen LogP contribution is 2.19. The maximum atomic E-state index is 12.8. The average molecular weight is 311 g/mol. The second kappa shape index (κ2) is 7.25. The summed E-state index contributed by atoms with van der Waals surface area (Å²) in [4.78, 5) is 16.8. The van der Waals surface area contributed by atoms with Crippen molar-refractivity contribution in [2.45, 2.75) is 6.92 Å². The van der Waals surface area contributed by atoms with E-state index >= 15 is 0 Å². The van der Waals surface area contributed by atoms with Crippen molar-refractivity contribution in [2.75, 3.05) is 46.9 Å². The minimum atomic E-state index is 0.0456. The van der Waals surface area contributed by atoms with Crippen molar-refractivity contribution in [1.29, 1.82) is 0 Å². The van der Waals surface area contributed by atoms with Gasteiger partial charge in [0, 0.05) is 36.1 Å². The molecule has 0 N–H and O–H groups in total. The number of hydrogen-bond donors (Lipinski definition) is 0. The van der Waals surface area contributed by atoms with Crippen molar-refractivity contribution in [1.82, 2.24) is 9.80 Å². The largest absolute Gasteiger partial charge is 0.379 e. The molecule has 0 radical (unpaired) electrons. The highest BCUT2D eigenvalue weighted by molar-refractivity contribution is 6.31. The lowest BCUT2D eigenvalue weighted by atomic mass is 10.1. The first-order valence-corrected chi connectivity index (χ1v) is 7.63. The number of hydrogen-bond acceptors (Lipinski definition) is 3. The van der Waals surface area contributed by atoms with Crippen LogP contribution in [0.3, 0.4) is 0 Å². The molecule has 1 aromatic carbocycles. The highest BCUT2D eigenvalue weighted by Gasteiger charge is 2.24. The van der Waals surface area contributed by atoms with E-state index < -0.39 is 0 Å². The van der Waals surface area contributed by atoms with E-state index in [2.05, 4.69) is 4.90 Å². The van der Waals surface area contributed by atoms with Crippen LogP contribution in [0.1, 0.15) is 15.9 Å². The lowest BCUT2D eigenvalue weighted by molar-refractivity contribution is 0.0734. The predicted octanol–water partition coefficient (Wildman–Crippen LogP) is 2.30. The minimum absolute atomic E-state index is 0.0456. The number of carbonyl (C=O) groups excluding carboxylic acids is 1. The normalized spacial score (nSPS) is 19.7. The van der Waals surface area contributed by atoms with Crippen LogP contribution in [-0.2, 0) is 4.74 Å². The first-order valence-electron chi connectivity index (χ1n) is 7.25. The molecule has 1 saturated heterocycles. The van der Waals surface area contributed by atoms with E-state index in [0.29, 0.717) is 36.3 Å². The average Bonchev–Trinajstić information content (AvgIpc) is 2.65. The van der Waals surface area contributed by atoms with E-state index in [1.54, 1.807) is 6.07 Å². The Labute approximate surface area is 131 Å². The summed E-state index contributed by atoms with van der Waals surface area (Å²) >= 11 is 6.03. The first-order chi connectivity index (χ1) is 9.97. The van der Waals surface area contributed by atoms with Crippen LogP contribution in [0.25, 0.3) is 0 Å². The van der Waals surface area contributed by atoms with Gasteiger partial charge in [-0.2, -0.15) is 0 Å². The molecule has 0 aromatic heterocycles. The molecule has 5 heteroatoms. The summed E-state index contributed by atoms with van der Waals surface area (Å²) in [6.07, 6.45) is 0. The summed E-state index contributed by atoms with van der Waals surface area (Å²) in [5.41, 5.74) is 1.65. The second-order valence-electron chi connectivity index (χ2n) is 5.91. The van der Waals surface area contributed by atoms with Gasteiger partial charge in [-0.05, 0) is 38.7 Å². The van der Waals surface area contributed by atoms with Gasteiger partial charge in [0.25, 0.3) is 5.91 Å². The number of nitrogens with zero attached hydrogens (tertiary/aromatic N) is 2. The van der Waals surface area contributed by atoms with Crippen LogP contribution in [0.4, 0.5) is 0 Å². The van der Waals surface area contributed by atoms with Crippen molar-refractivity contribution in [3.63, 3.8) is 0 Å². The molecule has 1 heterocycles. The summed E-state index contributed by atoms with van der Waals surface area (Å²) in [5.74, 6) is 0.384. The molecule has 1 aliphatic heterocycles. The number of carbonyl (C=O) groups is 1. The zero-order valence-corrected chi connectivity index (χ0v) is 13.7. The van der Waals surface area contributed by atoms with E-state index in [1.807, 2.05) is 38.1 Å². The Balaban J connectivity index is 2.14. The molecule has 0 aliphatic carbocycles. The third-order valence-electron chi connectivity index (χ3n) is 3.68. The lowest BCUT2D eigenvalue weighted by Gasteiger charge is -2.26. The van der Waals surface area contributed by atoms with Crippen molar-refractivity contribution in [3.8, 4) is 0 Å². The monoisotopic (exact) mass is 310 g/mol. The zero-order valence-electron chi connectivity index (χ0n) is 12.9. The lowest BCUT2D eigenvalue weighted by Crippen LogP contribution is -2.38. The Kier molecular flexibility index (Phi) is 5.62. The molecule has 2 rings (SSSR count). The van der Waals surface area contributed by atoms with Crippen molar-refractivity contribution in [3.05, 3.63) is 34.3 Å². The maximum absolute atomic E-state index is 12.8. The Morgan fingerprint density at radius 1 is 1.48 bits per heavy atom. The smallest absolute Gasteiger partial charge is 0.254 e. The molecule has 0 bridgehead atoms. The summed E-state index contributed by atoms with van der Waals surface area (Å²) < 4.78 is 5.63. The molecule has 1 atom stereocenters. The molecule has 0 saturated carbocycles. The van der Waals surface area contributed by atoms with Gasteiger partial charge in [0.05, 0.1) is 13.2 Å². The van der Waals surface area contributed by atoms with Crippen molar-refractivity contribution >= 4 is 17.5 Å². The standard InChI is InChI=1S/C16H23ClN2O2/c1-12-4-5-14(17)8-15(12)16(20)19-6-7-21-11-13(10-19)9-18(2)3/h4-5,8,13H,6-7,9-11H2,1-3H3/t13-/m0/s1. The van der Waals surface area contributed by atoms with Crippen molar-refractivity contribution in [2.24, 2.45) is 5.92 Å².